The first-order chi connectivity index (χ1) is 22.3. The molecule has 6 rings (SSSR count). The van der Waals surface area contributed by atoms with Gasteiger partial charge in [-0.25, -0.2) is 9.79 Å². The van der Waals surface area contributed by atoms with Crippen LogP contribution in [0.1, 0.15) is 29.9 Å². The maximum atomic E-state index is 14.2. The number of nitrogens with zero attached hydrogens (tertiary/aromatic N) is 3. The number of thiazole rings is 1. The van der Waals surface area contributed by atoms with Gasteiger partial charge in [-0.05, 0) is 36.8 Å². The van der Waals surface area contributed by atoms with Crippen molar-refractivity contribution >= 4 is 34.8 Å². The van der Waals surface area contributed by atoms with Crippen molar-refractivity contribution in [2.75, 3.05) is 20.8 Å². The molecule has 1 aliphatic rings. The van der Waals surface area contributed by atoms with Crippen LogP contribution < -0.4 is 24.4 Å². The minimum Gasteiger partial charge on any atom is -0.493 e. The molecular formula is C34H27N3O8S. The van der Waals surface area contributed by atoms with E-state index in [4.69, 9.17) is 23.6 Å². The normalized spacial score (nSPS) is 14.4. The van der Waals surface area contributed by atoms with Gasteiger partial charge in [0.15, 0.2) is 16.3 Å². The van der Waals surface area contributed by atoms with Gasteiger partial charge in [0.1, 0.15) is 11.5 Å². The molecule has 0 saturated carbocycles. The van der Waals surface area contributed by atoms with E-state index < -0.39 is 22.5 Å². The van der Waals surface area contributed by atoms with Crippen molar-refractivity contribution in [2.24, 2.45) is 4.99 Å². The summed E-state index contributed by atoms with van der Waals surface area (Å²) in [7, 11) is 3.03. The van der Waals surface area contributed by atoms with Gasteiger partial charge in [-0.1, -0.05) is 59.9 Å². The van der Waals surface area contributed by atoms with E-state index in [-0.39, 0.29) is 17.9 Å². The average Bonchev–Trinajstić information content (AvgIpc) is 3.68. The largest absolute Gasteiger partial charge is 0.493 e. The van der Waals surface area contributed by atoms with Crippen molar-refractivity contribution in [1.82, 2.24) is 4.57 Å². The summed E-state index contributed by atoms with van der Waals surface area (Å²) in [6.45, 7) is 1.84. The first kappa shape index (κ1) is 30.3. The zero-order valence-electron chi connectivity index (χ0n) is 25.0. The maximum Gasteiger partial charge on any atom is 0.338 e. The van der Waals surface area contributed by atoms with E-state index in [1.165, 1.54) is 30.9 Å². The zero-order chi connectivity index (χ0) is 32.4. The lowest BCUT2D eigenvalue weighted by atomic mass is 9.93. The van der Waals surface area contributed by atoms with E-state index in [0.717, 1.165) is 11.3 Å². The monoisotopic (exact) mass is 637 g/mol. The van der Waals surface area contributed by atoms with Crippen LogP contribution in [0.25, 0.3) is 23.1 Å². The molecule has 0 N–H and O–H groups in total. The predicted molar refractivity (Wildman–Crippen MR) is 171 cm³/mol. The van der Waals surface area contributed by atoms with Gasteiger partial charge in [0.25, 0.3) is 11.2 Å². The topological polar surface area (TPSA) is 135 Å². The highest BCUT2D eigenvalue weighted by Crippen LogP contribution is 2.38. The van der Waals surface area contributed by atoms with Gasteiger partial charge in [-0.2, -0.15) is 0 Å². The van der Waals surface area contributed by atoms with Gasteiger partial charge in [-0.3, -0.25) is 19.5 Å². The molecule has 232 valence electrons. The summed E-state index contributed by atoms with van der Waals surface area (Å²) in [6, 6.07) is 23.0. The van der Waals surface area contributed by atoms with Gasteiger partial charge in [0, 0.05) is 29.3 Å². The number of hydrogen-bond acceptors (Lipinski definition) is 10. The standard InChI is InChI=1S/C34H27N3O8S/c1-4-44-33(39)29-30(20-9-6-5-7-10-20)35-34-36(31(29)22-13-15-26(42-2)27(18-22)43-3)32(38)28(46-34)19-24-14-16-25(45-24)21-11-8-12-23(17-21)37(40)41/h5-19,31H,4H2,1-3H3/b28-19-/t31-/m1/s1. The minimum atomic E-state index is -0.913. The van der Waals surface area contributed by atoms with Gasteiger partial charge >= 0.3 is 5.97 Å². The van der Waals surface area contributed by atoms with Crippen molar-refractivity contribution < 1.29 is 28.3 Å². The Kier molecular flexibility index (Phi) is 8.36. The van der Waals surface area contributed by atoms with Crippen LogP contribution in [0.2, 0.25) is 0 Å². The van der Waals surface area contributed by atoms with Gasteiger partial charge in [0.05, 0.1) is 47.6 Å². The van der Waals surface area contributed by atoms with Gasteiger partial charge in [-0.15, -0.1) is 0 Å². The van der Waals surface area contributed by atoms with Crippen LogP contribution in [-0.4, -0.2) is 36.3 Å². The molecule has 0 amide bonds. The second-order valence-corrected chi connectivity index (χ2v) is 11.1. The predicted octanol–water partition coefficient (Wildman–Crippen LogP) is 5.12. The summed E-state index contributed by atoms with van der Waals surface area (Å²) >= 11 is 1.15. The fourth-order valence-electron chi connectivity index (χ4n) is 5.27. The van der Waals surface area contributed by atoms with Crippen molar-refractivity contribution in [3.8, 4) is 22.8 Å². The summed E-state index contributed by atoms with van der Waals surface area (Å²) in [4.78, 5) is 43.9. The number of carbonyl (C=O) groups is 1. The van der Waals surface area contributed by atoms with Crippen LogP contribution in [0.5, 0.6) is 11.5 Å². The van der Waals surface area contributed by atoms with E-state index >= 15 is 0 Å². The lowest BCUT2D eigenvalue weighted by Crippen LogP contribution is -2.40. The molecule has 3 heterocycles. The summed E-state index contributed by atoms with van der Waals surface area (Å²) in [5.74, 6) is 1.07. The van der Waals surface area contributed by atoms with Crippen molar-refractivity contribution in [1.29, 1.82) is 0 Å². The number of ether oxygens (including phenoxy) is 3. The van der Waals surface area contributed by atoms with Gasteiger partial charge in [0.2, 0.25) is 0 Å². The summed E-state index contributed by atoms with van der Waals surface area (Å²) < 4.78 is 24.3. The van der Waals surface area contributed by atoms with Crippen LogP contribution in [0.4, 0.5) is 5.69 Å². The molecule has 0 unspecified atom stereocenters. The quantitative estimate of drug-likeness (QED) is 0.123. The fraction of sp³-hybridized carbons (Fsp3) is 0.147. The summed E-state index contributed by atoms with van der Waals surface area (Å²) in [5, 5.41) is 11.3. The van der Waals surface area contributed by atoms with Crippen LogP contribution in [0.15, 0.2) is 105 Å². The Balaban J connectivity index is 1.56. The maximum absolute atomic E-state index is 14.2. The Morgan fingerprint density at radius 3 is 2.48 bits per heavy atom. The number of methoxy groups -OCH3 is 2. The molecular weight excluding hydrogens is 610 g/mol. The van der Waals surface area contributed by atoms with E-state index in [9.17, 15) is 19.7 Å². The molecule has 11 nitrogen and oxygen atoms in total. The third-order valence-electron chi connectivity index (χ3n) is 7.34. The molecule has 0 saturated heterocycles. The Morgan fingerprint density at radius 1 is 1.00 bits per heavy atom. The number of furan rings is 1. The van der Waals surface area contributed by atoms with Crippen molar-refractivity contribution in [3.05, 3.63) is 137 Å². The van der Waals surface area contributed by atoms with E-state index in [2.05, 4.69) is 0 Å². The highest BCUT2D eigenvalue weighted by Gasteiger charge is 2.35. The Morgan fingerprint density at radius 2 is 1.76 bits per heavy atom. The molecule has 1 atom stereocenters. The number of benzene rings is 3. The van der Waals surface area contributed by atoms with Crippen LogP contribution in [-0.2, 0) is 9.53 Å². The number of hydrogen-bond donors (Lipinski definition) is 0. The molecule has 5 aromatic rings. The summed E-state index contributed by atoms with van der Waals surface area (Å²) in [5.41, 5.74) is 1.92. The number of aromatic nitrogens is 1. The highest BCUT2D eigenvalue weighted by atomic mass is 32.1. The first-order valence-electron chi connectivity index (χ1n) is 14.2. The smallest absolute Gasteiger partial charge is 0.338 e. The van der Waals surface area contributed by atoms with Crippen LogP contribution >= 0.6 is 11.3 Å². The summed E-state index contributed by atoms with van der Waals surface area (Å²) in [6.07, 6.45) is 1.59. The number of fused-ring (bicyclic) bond motifs is 1. The zero-order valence-corrected chi connectivity index (χ0v) is 25.8. The Labute approximate surface area is 266 Å². The molecule has 0 bridgehead atoms. The second kappa shape index (κ2) is 12.7. The van der Waals surface area contributed by atoms with E-state index in [0.29, 0.717) is 54.7 Å². The number of nitro groups is 1. The van der Waals surface area contributed by atoms with Crippen molar-refractivity contribution in [3.63, 3.8) is 0 Å². The minimum absolute atomic E-state index is 0.0643. The van der Waals surface area contributed by atoms with E-state index in [1.54, 1.807) is 55.5 Å². The molecule has 46 heavy (non-hydrogen) atoms. The Bertz CT molecular complexity index is 2180. The van der Waals surface area contributed by atoms with Crippen LogP contribution in [0.3, 0.4) is 0 Å². The fourth-order valence-corrected chi connectivity index (χ4v) is 6.25. The SMILES string of the molecule is CCOC(=O)C1=C(c2ccccc2)N=c2s/c(=C\c3ccc(-c4cccc([N+](=O)[O-])c4)o3)c(=O)n2[C@@H]1c1ccc(OC)c(OC)c1. The number of esters is 1. The third kappa shape index (κ3) is 5.61. The van der Waals surface area contributed by atoms with Crippen molar-refractivity contribution in [2.45, 2.75) is 13.0 Å². The van der Waals surface area contributed by atoms with Crippen LogP contribution in [0, 0.1) is 10.1 Å². The molecule has 1 aliphatic heterocycles. The second-order valence-electron chi connectivity index (χ2n) is 10.1. The number of nitro benzene ring substituents is 1. The third-order valence-corrected chi connectivity index (χ3v) is 8.32. The number of carbonyl (C=O) groups excluding carboxylic acids is 1. The molecule has 0 radical (unpaired) electrons. The molecule has 0 aliphatic carbocycles. The molecule has 12 heteroatoms. The highest BCUT2D eigenvalue weighted by molar-refractivity contribution is 7.07. The molecule has 3 aromatic carbocycles. The molecule has 0 fully saturated rings. The first-order valence-corrected chi connectivity index (χ1v) is 15.0. The lowest BCUT2D eigenvalue weighted by Gasteiger charge is -2.26. The van der Waals surface area contributed by atoms with E-state index in [1.807, 2.05) is 30.3 Å². The molecule has 2 aromatic heterocycles. The average molecular weight is 638 g/mol. The Hall–Kier alpha value is -5.75. The number of rotatable bonds is 9. The number of non-ortho nitro benzene ring substituents is 1. The molecule has 0 spiro atoms. The lowest BCUT2D eigenvalue weighted by molar-refractivity contribution is -0.384. The van der Waals surface area contributed by atoms with Gasteiger partial charge < -0.3 is 18.6 Å².